The Balaban J connectivity index is 2.02. The lowest BCUT2D eigenvalue weighted by Crippen LogP contribution is -2.10. The first kappa shape index (κ1) is 20.2. The monoisotopic (exact) mass is 402 g/mol. The SMILES string of the molecule is N#Cc1c(N)nc(SCc2cccnc2)c(C#N)c1-c1ccc(OCCN)cc1. The summed E-state index contributed by atoms with van der Waals surface area (Å²) in [5.74, 6) is 1.33. The van der Waals surface area contributed by atoms with Gasteiger partial charge in [-0.3, -0.25) is 4.98 Å². The molecule has 3 aromatic rings. The average Bonchev–Trinajstić information content (AvgIpc) is 2.76. The van der Waals surface area contributed by atoms with E-state index in [1.807, 2.05) is 12.1 Å². The molecule has 8 heteroatoms. The summed E-state index contributed by atoms with van der Waals surface area (Å²) in [6.07, 6.45) is 3.46. The third kappa shape index (κ3) is 4.64. The van der Waals surface area contributed by atoms with E-state index >= 15 is 0 Å². The molecule has 0 saturated heterocycles. The largest absolute Gasteiger partial charge is 0.492 e. The van der Waals surface area contributed by atoms with Crippen molar-refractivity contribution in [3.05, 3.63) is 65.5 Å². The summed E-state index contributed by atoms with van der Waals surface area (Å²) >= 11 is 1.38. The van der Waals surface area contributed by atoms with Crippen LogP contribution in [0.3, 0.4) is 0 Å². The number of rotatable bonds is 7. The molecule has 29 heavy (non-hydrogen) atoms. The highest BCUT2D eigenvalue weighted by Crippen LogP contribution is 2.37. The summed E-state index contributed by atoms with van der Waals surface area (Å²) in [6.45, 7) is 0.820. The van der Waals surface area contributed by atoms with Crippen LogP contribution in [0.5, 0.6) is 5.75 Å². The van der Waals surface area contributed by atoms with E-state index in [1.165, 1.54) is 11.8 Å². The normalized spacial score (nSPS) is 10.2. The van der Waals surface area contributed by atoms with Crippen molar-refractivity contribution < 1.29 is 4.74 Å². The molecule has 0 radical (unpaired) electrons. The maximum atomic E-state index is 9.83. The minimum Gasteiger partial charge on any atom is -0.492 e. The number of nitriles is 2. The molecule has 0 aliphatic rings. The minimum absolute atomic E-state index is 0.0960. The number of benzene rings is 1. The lowest BCUT2D eigenvalue weighted by atomic mass is 9.97. The number of ether oxygens (including phenoxy) is 1. The lowest BCUT2D eigenvalue weighted by Gasteiger charge is -2.13. The van der Waals surface area contributed by atoms with E-state index in [-0.39, 0.29) is 11.4 Å². The van der Waals surface area contributed by atoms with Crippen LogP contribution in [0, 0.1) is 22.7 Å². The number of pyridine rings is 2. The van der Waals surface area contributed by atoms with Crippen LogP contribution >= 0.6 is 11.8 Å². The lowest BCUT2D eigenvalue weighted by molar-refractivity contribution is 0.328. The molecule has 144 valence electrons. The van der Waals surface area contributed by atoms with Crippen molar-refractivity contribution >= 4 is 17.6 Å². The summed E-state index contributed by atoms with van der Waals surface area (Å²) in [7, 11) is 0. The van der Waals surface area contributed by atoms with Crippen molar-refractivity contribution in [2.75, 3.05) is 18.9 Å². The molecule has 1 aromatic carbocycles. The number of thioether (sulfide) groups is 1. The fraction of sp³-hybridized carbons (Fsp3) is 0.143. The van der Waals surface area contributed by atoms with E-state index in [4.69, 9.17) is 16.2 Å². The van der Waals surface area contributed by atoms with Crippen molar-refractivity contribution in [2.24, 2.45) is 5.73 Å². The Hall–Kier alpha value is -3.59. The van der Waals surface area contributed by atoms with Gasteiger partial charge in [0.1, 0.15) is 40.9 Å². The topological polar surface area (TPSA) is 135 Å². The highest BCUT2D eigenvalue weighted by molar-refractivity contribution is 7.98. The van der Waals surface area contributed by atoms with Gasteiger partial charge in [-0.2, -0.15) is 10.5 Å². The third-order valence-corrected chi connectivity index (χ3v) is 5.09. The van der Waals surface area contributed by atoms with Crippen LogP contribution in [0.2, 0.25) is 0 Å². The molecule has 0 aliphatic carbocycles. The summed E-state index contributed by atoms with van der Waals surface area (Å²) in [6, 6.07) is 15.2. The minimum atomic E-state index is 0.0960. The molecule has 4 N–H and O–H groups in total. The van der Waals surface area contributed by atoms with E-state index in [0.717, 1.165) is 5.56 Å². The van der Waals surface area contributed by atoms with Crippen molar-refractivity contribution in [1.29, 1.82) is 10.5 Å². The summed E-state index contributed by atoms with van der Waals surface area (Å²) in [4.78, 5) is 8.40. The maximum Gasteiger partial charge on any atom is 0.143 e. The van der Waals surface area contributed by atoms with E-state index < -0.39 is 0 Å². The van der Waals surface area contributed by atoms with E-state index in [9.17, 15) is 10.5 Å². The molecule has 0 fully saturated rings. The van der Waals surface area contributed by atoms with Gasteiger partial charge in [-0.15, -0.1) is 11.8 Å². The first-order chi connectivity index (χ1) is 14.2. The number of hydrogen-bond acceptors (Lipinski definition) is 8. The zero-order chi connectivity index (χ0) is 20.6. The van der Waals surface area contributed by atoms with Crippen LogP contribution < -0.4 is 16.2 Å². The summed E-state index contributed by atoms with van der Waals surface area (Å²) in [5.41, 5.74) is 14.2. The second kappa shape index (κ2) is 9.56. The second-order valence-corrected chi connectivity index (χ2v) is 6.93. The Kier molecular flexibility index (Phi) is 6.64. The number of nitrogens with zero attached hydrogens (tertiary/aromatic N) is 4. The van der Waals surface area contributed by atoms with Crippen molar-refractivity contribution in [2.45, 2.75) is 10.8 Å². The fourth-order valence-corrected chi connectivity index (χ4v) is 3.65. The van der Waals surface area contributed by atoms with Crippen LogP contribution in [0.4, 0.5) is 5.82 Å². The Labute approximate surface area is 173 Å². The number of hydrogen-bond donors (Lipinski definition) is 2. The molecular weight excluding hydrogens is 384 g/mol. The predicted molar refractivity (Wildman–Crippen MR) is 112 cm³/mol. The first-order valence-corrected chi connectivity index (χ1v) is 9.75. The van der Waals surface area contributed by atoms with Crippen molar-refractivity contribution in [3.63, 3.8) is 0 Å². The number of anilines is 1. The molecule has 0 bridgehead atoms. The highest BCUT2D eigenvalue weighted by atomic mass is 32.2. The third-order valence-electron chi connectivity index (χ3n) is 4.04. The number of nitrogens with two attached hydrogens (primary N) is 2. The van der Waals surface area contributed by atoms with Crippen LogP contribution in [0.25, 0.3) is 11.1 Å². The van der Waals surface area contributed by atoms with Crippen molar-refractivity contribution in [3.8, 4) is 29.0 Å². The quantitative estimate of drug-likeness (QED) is 0.576. The Morgan fingerprint density at radius 1 is 1.07 bits per heavy atom. The number of nitrogen functional groups attached to an aromatic ring is 1. The summed E-state index contributed by atoms with van der Waals surface area (Å²) < 4.78 is 5.49. The highest BCUT2D eigenvalue weighted by Gasteiger charge is 2.20. The van der Waals surface area contributed by atoms with Crippen LogP contribution in [-0.2, 0) is 5.75 Å². The van der Waals surface area contributed by atoms with E-state index in [1.54, 1.807) is 36.7 Å². The molecule has 7 nitrogen and oxygen atoms in total. The van der Waals surface area contributed by atoms with Gasteiger partial charge in [0, 0.05) is 30.3 Å². The van der Waals surface area contributed by atoms with E-state index in [0.29, 0.717) is 46.4 Å². The predicted octanol–water partition coefficient (Wildman–Crippen LogP) is 3.10. The van der Waals surface area contributed by atoms with Gasteiger partial charge < -0.3 is 16.2 Å². The van der Waals surface area contributed by atoms with Gasteiger partial charge >= 0.3 is 0 Å². The van der Waals surface area contributed by atoms with Gasteiger partial charge in [0.2, 0.25) is 0 Å². The Morgan fingerprint density at radius 2 is 1.83 bits per heavy atom. The van der Waals surface area contributed by atoms with Gasteiger partial charge in [0.05, 0.1) is 5.56 Å². The average molecular weight is 402 g/mol. The maximum absolute atomic E-state index is 9.83. The van der Waals surface area contributed by atoms with E-state index in [2.05, 4.69) is 22.1 Å². The molecule has 0 amide bonds. The fourth-order valence-electron chi connectivity index (χ4n) is 2.72. The zero-order valence-corrected chi connectivity index (χ0v) is 16.3. The second-order valence-electron chi connectivity index (χ2n) is 5.96. The Bertz CT molecular complexity index is 1070. The molecule has 0 saturated carbocycles. The van der Waals surface area contributed by atoms with Gasteiger partial charge in [0.15, 0.2) is 0 Å². The number of aromatic nitrogens is 2. The molecule has 0 unspecified atom stereocenters. The summed E-state index contributed by atoms with van der Waals surface area (Å²) in [5, 5.41) is 19.9. The molecule has 2 heterocycles. The standard InChI is InChI=1S/C21H18N6OS/c22-7-9-28-16-5-3-15(4-6-16)19-17(10-23)20(25)27-21(18(19)11-24)29-13-14-2-1-8-26-12-14/h1-6,8,12H,7,9,13,22H2,(H2,25,27). The van der Waals surface area contributed by atoms with Crippen LogP contribution in [0.15, 0.2) is 53.8 Å². The molecule has 0 atom stereocenters. The first-order valence-electron chi connectivity index (χ1n) is 8.76. The molecule has 0 aliphatic heterocycles. The van der Waals surface area contributed by atoms with Crippen LogP contribution in [-0.4, -0.2) is 23.1 Å². The molecular formula is C21H18N6OS. The van der Waals surface area contributed by atoms with Gasteiger partial charge in [-0.1, -0.05) is 18.2 Å². The molecule has 2 aromatic heterocycles. The zero-order valence-electron chi connectivity index (χ0n) is 15.5. The van der Waals surface area contributed by atoms with Crippen molar-refractivity contribution in [1.82, 2.24) is 9.97 Å². The van der Waals surface area contributed by atoms with Gasteiger partial charge in [-0.25, -0.2) is 4.98 Å². The molecule has 3 rings (SSSR count). The van der Waals surface area contributed by atoms with Gasteiger partial charge in [-0.05, 0) is 29.3 Å². The smallest absolute Gasteiger partial charge is 0.143 e. The Morgan fingerprint density at radius 3 is 2.45 bits per heavy atom. The van der Waals surface area contributed by atoms with Crippen LogP contribution in [0.1, 0.15) is 16.7 Å². The van der Waals surface area contributed by atoms with Gasteiger partial charge in [0.25, 0.3) is 0 Å². The molecule has 0 spiro atoms.